The molecule has 0 aromatic rings. The van der Waals surface area contributed by atoms with E-state index in [0.29, 0.717) is 5.41 Å². The van der Waals surface area contributed by atoms with Crippen LogP contribution in [-0.4, -0.2) is 4.40 Å². The molecule has 0 atom stereocenters. The van der Waals surface area contributed by atoms with E-state index in [1.54, 1.807) is 0 Å². The summed E-state index contributed by atoms with van der Waals surface area (Å²) in [5, 5.41) is 0. The average molecular weight is 334 g/mol. The van der Waals surface area contributed by atoms with Crippen molar-refractivity contribution in [1.82, 2.24) is 0 Å². The number of hydrogen-bond donors (Lipinski definition) is 0. The molecule has 0 spiro atoms. The van der Waals surface area contributed by atoms with E-state index < -0.39 is 0 Å². The minimum absolute atomic E-state index is 0.396. The summed E-state index contributed by atoms with van der Waals surface area (Å²) in [7, 11) is 0. The van der Waals surface area contributed by atoms with E-state index in [9.17, 15) is 0 Å². The third-order valence-electron chi connectivity index (χ3n) is 1.49. The first kappa shape index (κ1) is 12.0. The van der Waals surface area contributed by atoms with Crippen molar-refractivity contribution in [1.29, 1.82) is 0 Å². The van der Waals surface area contributed by atoms with Crippen LogP contribution in [0, 0.1) is 5.41 Å². The summed E-state index contributed by atoms with van der Waals surface area (Å²) >= 11 is 1.51. The van der Waals surface area contributed by atoms with Crippen LogP contribution in [0.15, 0.2) is 23.8 Å². The molecular weight excluding hydrogens is 316 g/mol. The molecule has 68 valence electrons. The predicted octanol–water partition coefficient (Wildman–Crippen LogP) is 3.27. The van der Waals surface area contributed by atoms with Crippen LogP contribution in [0.4, 0.5) is 0 Å². The molecule has 12 heavy (non-hydrogen) atoms. The van der Waals surface area contributed by atoms with Crippen LogP contribution in [0.5, 0.6) is 0 Å². The first-order valence-corrected chi connectivity index (χ1v) is 5.96. The average Bonchev–Trinajstić information content (AvgIpc) is 1.95. The van der Waals surface area contributed by atoms with Crippen LogP contribution >= 0.6 is 0 Å². The molecular formula is C11H18W. The zero-order valence-corrected chi connectivity index (χ0v) is 11.4. The van der Waals surface area contributed by atoms with E-state index >= 15 is 0 Å². The van der Waals surface area contributed by atoms with Crippen LogP contribution in [0.2, 0.25) is 0 Å². The van der Waals surface area contributed by atoms with Gasteiger partial charge in [0.25, 0.3) is 0 Å². The van der Waals surface area contributed by atoms with Gasteiger partial charge in [0.05, 0.1) is 0 Å². The van der Waals surface area contributed by atoms with Gasteiger partial charge in [-0.2, -0.15) is 0 Å². The molecule has 0 unspecified atom stereocenters. The molecule has 0 aliphatic heterocycles. The molecule has 0 fully saturated rings. The first-order chi connectivity index (χ1) is 5.49. The van der Waals surface area contributed by atoms with Gasteiger partial charge in [0.1, 0.15) is 0 Å². The van der Waals surface area contributed by atoms with Crippen molar-refractivity contribution in [2.75, 3.05) is 0 Å². The van der Waals surface area contributed by atoms with Gasteiger partial charge in [0, 0.05) is 0 Å². The molecule has 0 heterocycles. The Morgan fingerprint density at radius 2 is 1.92 bits per heavy atom. The molecule has 0 amide bonds. The van der Waals surface area contributed by atoms with Gasteiger partial charge in [-0.15, -0.1) is 0 Å². The molecule has 0 saturated heterocycles. The van der Waals surface area contributed by atoms with E-state index in [-0.39, 0.29) is 0 Å². The molecule has 1 heteroatoms. The molecule has 0 aliphatic carbocycles. The maximum absolute atomic E-state index is 2.27. The van der Waals surface area contributed by atoms with Gasteiger partial charge in [0.2, 0.25) is 0 Å². The topological polar surface area (TPSA) is 0 Å². The van der Waals surface area contributed by atoms with Crippen molar-refractivity contribution in [3.63, 3.8) is 0 Å². The third kappa shape index (κ3) is 6.73. The second kappa shape index (κ2) is 5.64. The first-order valence-electron chi connectivity index (χ1n) is 4.26. The summed E-state index contributed by atoms with van der Waals surface area (Å²) in [5.74, 6) is 0. The van der Waals surface area contributed by atoms with Gasteiger partial charge < -0.3 is 0 Å². The Hall–Kier alpha value is 0.0383. The predicted molar refractivity (Wildman–Crippen MR) is 53.0 cm³/mol. The fourth-order valence-electron chi connectivity index (χ4n) is 1.03. The summed E-state index contributed by atoms with van der Waals surface area (Å²) in [6, 6.07) is 0. The van der Waals surface area contributed by atoms with Gasteiger partial charge in [-0.25, -0.2) is 0 Å². The molecule has 0 N–H and O–H groups in total. The normalized spacial score (nSPS) is 13.8. The van der Waals surface area contributed by atoms with Gasteiger partial charge >= 0.3 is 87.1 Å². The summed E-state index contributed by atoms with van der Waals surface area (Å²) in [6.45, 7) is 8.91. The maximum atomic E-state index is 2.27. The van der Waals surface area contributed by atoms with Crippen molar-refractivity contribution < 1.29 is 19.4 Å². The molecule has 0 aliphatic rings. The molecule has 0 rings (SSSR count). The van der Waals surface area contributed by atoms with Crippen LogP contribution in [0.25, 0.3) is 0 Å². The Bertz CT molecular complexity index is 192. The number of rotatable bonds is 3. The Morgan fingerprint density at radius 1 is 1.33 bits per heavy atom. The number of allylic oxidation sites excluding steroid dienone is 4. The molecule has 0 aromatic heterocycles. The Balaban J connectivity index is 4.21. The van der Waals surface area contributed by atoms with Gasteiger partial charge in [-0.3, -0.25) is 0 Å². The summed E-state index contributed by atoms with van der Waals surface area (Å²) in [5.41, 5.74) is 1.83. The molecule has 0 bridgehead atoms. The van der Waals surface area contributed by atoms with Gasteiger partial charge in [-0.05, 0) is 0 Å². The Labute approximate surface area is 87.2 Å². The number of hydrogen-bond acceptors (Lipinski definition) is 0. The quantitative estimate of drug-likeness (QED) is 0.695. The van der Waals surface area contributed by atoms with Crippen molar-refractivity contribution in [3.8, 4) is 0 Å². The Morgan fingerprint density at radius 3 is 2.25 bits per heavy atom. The van der Waals surface area contributed by atoms with E-state index in [2.05, 4.69) is 50.3 Å². The van der Waals surface area contributed by atoms with Crippen molar-refractivity contribution in [2.24, 2.45) is 5.41 Å². The van der Waals surface area contributed by atoms with Crippen LogP contribution < -0.4 is 0 Å². The van der Waals surface area contributed by atoms with Gasteiger partial charge in [-0.1, -0.05) is 0 Å². The van der Waals surface area contributed by atoms with Crippen molar-refractivity contribution in [2.45, 2.75) is 34.1 Å². The summed E-state index contributed by atoms with van der Waals surface area (Å²) in [4.78, 5) is 0. The van der Waals surface area contributed by atoms with Crippen LogP contribution in [-0.2, 0) is 19.4 Å². The second-order valence-corrected chi connectivity index (χ2v) is 5.07. The van der Waals surface area contributed by atoms with E-state index in [4.69, 9.17) is 0 Å². The van der Waals surface area contributed by atoms with Crippen LogP contribution in [0.3, 0.4) is 0 Å². The molecule has 0 radical (unpaired) electrons. The SMILES string of the molecule is CC=C(C=C[CH]=[W])CC(C)(C)C. The third-order valence-corrected chi connectivity index (χ3v) is 2.06. The molecule has 0 saturated carbocycles. The van der Waals surface area contributed by atoms with E-state index in [0.717, 1.165) is 6.42 Å². The van der Waals surface area contributed by atoms with Gasteiger partial charge in [0.15, 0.2) is 0 Å². The molecule has 0 aromatic carbocycles. The van der Waals surface area contributed by atoms with E-state index in [1.165, 1.54) is 24.9 Å². The second-order valence-electron chi connectivity index (χ2n) is 4.10. The zero-order chi connectivity index (χ0) is 9.61. The zero-order valence-electron chi connectivity index (χ0n) is 8.42. The minimum atomic E-state index is 0.396. The fourth-order valence-corrected chi connectivity index (χ4v) is 1.31. The summed E-state index contributed by atoms with van der Waals surface area (Å²) in [6.07, 6.45) is 7.69. The standard InChI is InChI=1S/C11H18.W/c1-6-8-10(7-2)9-11(3,4)5;/h1,6-8H,9H2,2-5H3;. The van der Waals surface area contributed by atoms with Crippen LogP contribution in [0.1, 0.15) is 34.1 Å². The van der Waals surface area contributed by atoms with Crippen molar-refractivity contribution in [3.05, 3.63) is 23.8 Å². The Kier molecular flexibility index (Phi) is 5.66. The summed E-state index contributed by atoms with van der Waals surface area (Å²) < 4.78 is 2.14. The van der Waals surface area contributed by atoms with E-state index in [1.807, 2.05) is 0 Å². The van der Waals surface area contributed by atoms with Crippen molar-refractivity contribution >= 4 is 4.40 Å². The fraction of sp³-hybridized carbons (Fsp3) is 0.545. The molecule has 0 nitrogen and oxygen atoms in total. The monoisotopic (exact) mass is 334 g/mol.